The van der Waals surface area contributed by atoms with Crippen molar-refractivity contribution in [2.24, 2.45) is 0 Å². The molecule has 1 amide bonds. The molecule has 2 aromatic carbocycles. The van der Waals surface area contributed by atoms with Gasteiger partial charge in [-0.05, 0) is 30.2 Å². The number of benzene rings is 2. The molecule has 2 heterocycles. The second-order valence-corrected chi connectivity index (χ2v) is 7.10. The Labute approximate surface area is 177 Å². The third-order valence-corrected chi connectivity index (χ3v) is 4.80. The molecule has 0 saturated heterocycles. The molecule has 0 aliphatic heterocycles. The van der Waals surface area contributed by atoms with Gasteiger partial charge in [-0.25, -0.2) is 14.1 Å². The number of aryl methyl sites for hydroxylation is 1. The van der Waals surface area contributed by atoms with Gasteiger partial charge in [-0.2, -0.15) is 5.10 Å². The summed E-state index contributed by atoms with van der Waals surface area (Å²) in [6.45, 7) is 2.57. The number of nitrogens with one attached hydrogen (secondary N) is 1. The fourth-order valence-corrected chi connectivity index (χ4v) is 3.19. The zero-order chi connectivity index (χ0) is 21.8. The predicted molar refractivity (Wildman–Crippen MR) is 113 cm³/mol. The minimum atomic E-state index is -0.613. The molecule has 4 aromatic rings. The smallest absolute Gasteiger partial charge is 0.276 e. The van der Waals surface area contributed by atoms with E-state index in [2.05, 4.69) is 15.4 Å². The third kappa shape index (κ3) is 4.58. The fraction of sp³-hybridized carbons (Fsp3) is 0.130. The van der Waals surface area contributed by atoms with Gasteiger partial charge in [0.25, 0.3) is 5.91 Å². The van der Waals surface area contributed by atoms with Crippen molar-refractivity contribution in [2.75, 3.05) is 0 Å². The van der Waals surface area contributed by atoms with Crippen molar-refractivity contribution >= 4 is 5.91 Å². The van der Waals surface area contributed by atoms with Gasteiger partial charge in [-0.3, -0.25) is 9.59 Å². The number of amides is 1. The number of aromatic nitrogens is 4. The van der Waals surface area contributed by atoms with E-state index < -0.39 is 17.2 Å². The summed E-state index contributed by atoms with van der Waals surface area (Å²) in [6, 6.07) is 15.1. The highest BCUT2D eigenvalue weighted by molar-refractivity contribution is 5.92. The molecule has 0 aliphatic rings. The molecule has 8 heteroatoms. The quantitative estimate of drug-likeness (QED) is 0.523. The van der Waals surface area contributed by atoms with Crippen molar-refractivity contribution in [2.45, 2.75) is 20.0 Å². The number of halogens is 1. The Kier molecular flexibility index (Phi) is 5.70. The summed E-state index contributed by atoms with van der Waals surface area (Å²) in [5.74, 6) is -1.11. The summed E-state index contributed by atoms with van der Waals surface area (Å²) in [5.41, 5.74) is 1.77. The molecular weight excluding hydrogens is 397 g/mol. The van der Waals surface area contributed by atoms with E-state index in [-0.39, 0.29) is 17.9 Å². The average Bonchev–Trinajstić information content (AvgIpc) is 3.27. The molecule has 0 saturated carbocycles. The molecule has 0 radical (unpaired) electrons. The SMILES string of the molecule is Cc1cc(=O)c(C(=O)NCc2ccc(Cn3ccnc3)cc2)nn1-c1ccccc1F. The highest BCUT2D eigenvalue weighted by atomic mass is 19.1. The van der Waals surface area contributed by atoms with Gasteiger partial charge in [0.15, 0.2) is 5.69 Å². The molecule has 0 atom stereocenters. The number of hydrogen-bond donors (Lipinski definition) is 1. The van der Waals surface area contributed by atoms with Crippen molar-refractivity contribution in [3.05, 3.63) is 112 Å². The molecule has 1 N–H and O–H groups in total. The van der Waals surface area contributed by atoms with E-state index in [9.17, 15) is 14.0 Å². The maximum atomic E-state index is 14.2. The van der Waals surface area contributed by atoms with Crippen LogP contribution in [0.5, 0.6) is 0 Å². The highest BCUT2D eigenvalue weighted by Gasteiger charge is 2.16. The number of rotatable bonds is 6. The summed E-state index contributed by atoms with van der Waals surface area (Å²) in [6.07, 6.45) is 5.36. The van der Waals surface area contributed by atoms with Gasteiger partial charge >= 0.3 is 0 Å². The van der Waals surface area contributed by atoms with Crippen molar-refractivity contribution in [3.8, 4) is 5.69 Å². The van der Waals surface area contributed by atoms with Crippen molar-refractivity contribution in [1.29, 1.82) is 0 Å². The van der Waals surface area contributed by atoms with Gasteiger partial charge < -0.3 is 9.88 Å². The summed E-state index contributed by atoms with van der Waals surface area (Å²) in [5, 5.41) is 6.82. The Balaban J connectivity index is 1.48. The van der Waals surface area contributed by atoms with E-state index in [1.807, 2.05) is 35.0 Å². The average molecular weight is 417 g/mol. The Morgan fingerprint density at radius 2 is 1.84 bits per heavy atom. The number of carbonyl (C=O) groups is 1. The van der Waals surface area contributed by atoms with E-state index >= 15 is 0 Å². The lowest BCUT2D eigenvalue weighted by Crippen LogP contribution is -2.31. The van der Waals surface area contributed by atoms with E-state index in [4.69, 9.17) is 0 Å². The number of para-hydroxylation sites is 1. The molecule has 4 rings (SSSR count). The molecule has 0 aliphatic carbocycles. The maximum absolute atomic E-state index is 14.2. The lowest BCUT2D eigenvalue weighted by Gasteiger charge is -2.12. The first-order valence-electron chi connectivity index (χ1n) is 9.69. The van der Waals surface area contributed by atoms with Crippen LogP contribution in [0.3, 0.4) is 0 Å². The molecule has 156 valence electrons. The molecule has 7 nitrogen and oxygen atoms in total. The zero-order valence-corrected chi connectivity index (χ0v) is 16.8. The Bertz CT molecular complexity index is 1260. The topological polar surface area (TPSA) is 81.8 Å². The van der Waals surface area contributed by atoms with Crippen LogP contribution in [0.1, 0.15) is 27.3 Å². The second-order valence-electron chi connectivity index (χ2n) is 7.10. The fourth-order valence-electron chi connectivity index (χ4n) is 3.19. The van der Waals surface area contributed by atoms with E-state index in [0.717, 1.165) is 11.1 Å². The molecular formula is C23H20FN5O2. The number of imidazole rings is 1. The first-order chi connectivity index (χ1) is 15.0. The molecule has 0 spiro atoms. The number of nitrogens with zero attached hydrogens (tertiary/aromatic N) is 4. The first-order valence-corrected chi connectivity index (χ1v) is 9.69. The third-order valence-electron chi connectivity index (χ3n) is 4.80. The molecule has 0 unspecified atom stereocenters. The van der Waals surface area contributed by atoms with Crippen LogP contribution in [0.25, 0.3) is 5.69 Å². The largest absolute Gasteiger partial charge is 0.346 e. The van der Waals surface area contributed by atoms with Gasteiger partial charge in [-0.1, -0.05) is 36.4 Å². The van der Waals surface area contributed by atoms with Crippen LogP contribution in [-0.4, -0.2) is 25.2 Å². The monoisotopic (exact) mass is 417 g/mol. The minimum absolute atomic E-state index is 0.169. The summed E-state index contributed by atoms with van der Waals surface area (Å²) >= 11 is 0. The van der Waals surface area contributed by atoms with Gasteiger partial charge in [-0.15, -0.1) is 0 Å². The Hall–Kier alpha value is -4.07. The van der Waals surface area contributed by atoms with Crippen molar-refractivity contribution in [1.82, 2.24) is 24.6 Å². The molecule has 0 bridgehead atoms. The van der Waals surface area contributed by atoms with Crippen molar-refractivity contribution < 1.29 is 9.18 Å². The van der Waals surface area contributed by atoms with Crippen LogP contribution >= 0.6 is 0 Å². The van der Waals surface area contributed by atoms with E-state index in [0.29, 0.717) is 12.2 Å². The highest BCUT2D eigenvalue weighted by Crippen LogP contribution is 2.13. The van der Waals surface area contributed by atoms with Gasteiger partial charge in [0.1, 0.15) is 11.5 Å². The van der Waals surface area contributed by atoms with Crippen LogP contribution in [0, 0.1) is 12.7 Å². The van der Waals surface area contributed by atoms with Crippen molar-refractivity contribution in [3.63, 3.8) is 0 Å². The Morgan fingerprint density at radius 1 is 1.10 bits per heavy atom. The van der Waals surface area contributed by atoms with Crippen LogP contribution < -0.4 is 10.7 Å². The molecule has 2 aromatic heterocycles. The molecule has 0 fully saturated rings. The summed E-state index contributed by atoms with van der Waals surface area (Å²) in [4.78, 5) is 28.9. The summed E-state index contributed by atoms with van der Waals surface area (Å²) in [7, 11) is 0. The number of carbonyl (C=O) groups excluding carboxylic acids is 1. The van der Waals surface area contributed by atoms with Crippen LogP contribution in [0.2, 0.25) is 0 Å². The molecule has 31 heavy (non-hydrogen) atoms. The first kappa shape index (κ1) is 20.2. The van der Waals surface area contributed by atoms with Crippen LogP contribution in [0.15, 0.2) is 78.1 Å². The normalized spacial score (nSPS) is 10.8. The lowest BCUT2D eigenvalue weighted by atomic mass is 10.1. The standard InChI is InChI=1S/C23H20FN5O2/c1-16-12-21(30)22(27-29(16)20-5-3-2-4-19(20)24)23(31)26-13-17-6-8-18(9-7-17)14-28-11-10-25-15-28/h2-12,15H,13-14H2,1H3,(H,26,31). The van der Waals surface area contributed by atoms with E-state index in [1.165, 1.54) is 22.9 Å². The number of hydrogen-bond acceptors (Lipinski definition) is 4. The lowest BCUT2D eigenvalue weighted by molar-refractivity contribution is 0.0943. The zero-order valence-electron chi connectivity index (χ0n) is 16.8. The summed E-state index contributed by atoms with van der Waals surface area (Å²) < 4.78 is 17.4. The minimum Gasteiger partial charge on any atom is -0.346 e. The van der Waals surface area contributed by atoms with Crippen LogP contribution in [0.4, 0.5) is 4.39 Å². The maximum Gasteiger partial charge on any atom is 0.276 e. The second kappa shape index (κ2) is 8.74. The van der Waals surface area contributed by atoms with Gasteiger partial charge in [0.05, 0.1) is 6.33 Å². The van der Waals surface area contributed by atoms with Gasteiger partial charge in [0, 0.05) is 37.2 Å². The van der Waals surface area contributed by atoms with Gasteiger partial charge in [0.2, 0.25) is 5.43 Å². The predicted octanol–water partition coefficient (Wildman–Crippen LogP) is 2.85. The van der Waals surface area contributed by atoms with E-state index in [1.54, 1.807) is 31.6 Å². The Morgan fingerprint density at radius 3 is 2.55 bits per heavy atom. The van der Waals surface area contributed by atoms with Crippen LogP contribution in [-0.2, 0) is 13.1 Å².